The Hall–Kier alpha value is 0.606. The van der Waals surface area contributed by atoms with Crippen molar-refractivity contribution >= 4 is 69.1 Å². The monoisotopic (exact) mass is 224 g/mol. The molecule has 0 unspecified atom stereocenters. The number of halogens is 1. The van der Waals surface area contributed by atoms with Gasteiger partial charge in [-0.25, -0.2) is 4.39 Å². The third-order valence-corrected chi connectivity index (χ3v) is 2.20. The Labute approximate surface area is 122 Å². The van der Waals surface area contributed by atoms with Crippen LogP contribution in [0.3, 0.4) is 0 Å². The summed E-state index contributed by atoms with van der Waals surface area (Å²) in [5.74, 6) is -1.81. The predicted octanol–water partition coefficient (Wildman–Crippen LogP) is 0.287. The largest absolute Gasteiger partial charge is 0.549 e. The van der Waals surface area contributed by atoms with E-state index in [1.54, 1.807) is 12.1 Å². The molecule has 5 heteroatoms. The van der Waals surface area contributed by atoms with Crippen molar-refractivity contribution in [1.29, 1.82) is 0 Å². The van der Waals surface area contributed by atoms with Gasteiger partial charge in [-0.1, -0.05) is 12.1 Å². The van der Waals surface area contributed by atoms with Crippen molar-refractivity contribution in [2.45, 2.75) is 4.90 Å². The second kappa shape index (κ2) is 6.97. The van der Waals surface area contributed by atoms with E-state index in [2.05, 4.69) is 0 Å². The SMILES string of the molecule is O=C([O-])CSc1ccccc1F.[K]. The summed E-state index contributed by atoms with van der Waals surface area (Å²) in [6, 6.07) is 6.03. The molecule has 0 spiro atoms. The average molecular weight is 224 g/mol. The van der Waals surface area contributed by atoms with E-state index in [-0.39, 0.29) is 57.1 Å². The molecule has 0 fully saturated rings. The predicted molar refractivity (Wildman–Crippen MR) is 47.9 cm³/mol. The molecule has 1 rings (SSSR count). The van der Waals surface area contributed by atoms with Crippen molar-refractivity contribution in [2.24, 2.45) is 0 Å². The van der Waals surface area contributed by atoms with Crippen molar-refractivity contribution in [3.8, 4) is 0 Å². The Morgan fingerprint density at radius 1 is 1.46 bits per heavy atom. The summed E-state index contributed by atoms with van der Waals surface area (Å²) >= 11 is 0.918. The van der Waals surface area contributed by atoms with Gasteiger partial charge in [-0.05, 0) is 12.1 Å². The van der Waals surface area contributed by atoms with Crippen LogP contribution in [0, 0.1) is 5.82 Å². The molecular formula is C8H6FKO2S-. The molecule has 1 aromatic carbocycles. The number of rotatable bonds is 3. The van der Waals surface area contributed by atoms with Gasteiger partial charge in [-0.2, -0.15) is 0 Å². The van der Waals surface area contributed by atoms with E-state index < -0.39 is 11.8 Å². The molecule has 2 nitrogen and oxygen atoms in total. The maximum atomic E-state index is 12.8. The Bertz CT molecular complexity index is 293. The van der Waals surface area contributed by atoms with E-state index >= 15 is 0 Å². The van der Waals surface area contributed by atoms with Crippen molar-refractivity contribution < 1.29 is 14.3 Å². The van der Waals surface area contributed by atoms with Crippen LogP contribution in [-0.2, 0) is 4.79 Å². The molecule has 0 aliphatic heterocycles. The average Bonchev–Trinajstić information content (AvgIpc) is 2.03. The summed E-state index contributed by atoms with van der Waals surface area (Å²) in [4.78, 5) is 10.4. The van der Waals surface area contributed by atoms with Gasteiger partial charge >= 0.3 is 0 Å². The summed E-state index contributed by atoms with van der Waals surface area (Å²) in [5, 5.41) is 10.0. The molecule has 0 N–H and O–H groups in total. The minimum Gasteiger partial charge on any atom is -0.549 e. The number of benzene rings is 1. The molecule has 1 radical (unpaired) electrons. The summed E-state index contributed by atoms with van der Waals surface area (Å²) in [6.07, 6.45) is 0. The fourth-order valence-corrected chi connectivity index (χ4v) is 1.35. The minimum atomic E-state index is -1.19. The van der Waals surface area contributed by atoms with E-state index in [1.165, 1.54) is 12.1 Å². The quantitative estimate of drug-likeness (QED) is 0.547. The second-order valence-electron chi connectivity index (χ2n) is 2.09. The molecule has 0 aliphatic rings. The van der Waals surface area contributed by atoms with Gasteiger partial charge < -0.3 is 9.90 Å². The number of carboxylic acid groups (broad SMARTS) is 1. The molecule has 0 saturated heterocycles. The van der Waals surface area contributed by atoms with Crippen LogP contribution >= 0.6 is 11.8 Å². The van der Waals surface area contributed by atoms with Crippen LogP contribution in [0.5, 0.6) is 0 Å². The van der Waals surface area contributed by atoms with Gasteiger partial charge in [-0.15, -0.1) is 11.8 Å². The Morgan fingerprint density at radius 2 is 2.08 bits per heavy atom. The van der Waals surface area contributed by atoms with Gasteiger partial charge in [0.15, 0.2) is 0 Å². The van der Waals surface area contributed by atoms with Gasteiger partial charge in [0.2, 0.25) is 0 Å². The standard InChI is InChI=1S/C8H7FO2S.K/c9-6-3-1-2-4-7(6)12-5-8(10)11;/h1-4H,5H2,(H,10,11);/p-1. The van der Waals surface area contributed by atoms with Crippen LogP contribution in [0.2, 0.25) is 0 Å². The first-order valence-corrected chi connectivity index (χ1v) is 4.26. The molecule has 0 aliphatic carbocycles. The van der Waals surface area contributed by atoms with E-state index in [4.69, 9.17) is 0 Å². The third-order valence-electron chi connectivity index (χ3n) is 1.18. The summed E-state index contributed by atoms with van der Waals surface area (Å²) in [7, 11) is 0. The molecule has 0 heterocycles. The minimum absolute atomic E-state index is 0. The van der Waals surface area contributed by atoms with Crippen molar-refractivity contribution in [3.63, 3.8) is 0 Å². The molecule has 0 amide bonds. The summed E-state index contributed by atoms with van der Waals surface area (Å²) < 4.78 is 12.8. The van der Waals surface area contributed by atoms with Gasteiger partial charge in [0.05, 0.1) is 5.97 Å². The van der Waals surface area contributed by atoms with Crippen LogP contribution < -0.4 is 5.11 Å². The van der Waals surface area contributed by atoms with Crippen molar-refractivity contribution in [1.82, 2.24) is 0 Å². The van der Waals surface area contributed by atoms with Gasteiger partial charge in [0, 0.05) is 62.0 Å². The summed E-state index contributed by atoms with van der Waals surface area (Å²) in [6.45, 7) is 0. The smallest absolute Gasteiger partial charge is 0.136 e. The zero-order chi connectivity index (χ0) is 8.97. The molecule has 0 bridgehead atoms. The maximum Gasteiger partial charge on any atom is 0.136 e. The van der Waals surface area contributed by atoms with Crippen molar-refractivity contribution in [2.75, 3.05) is 5.75 Å². The van der Waals surface area contributed by atoms with Crippen molar-refractivity contribution in [3.05, 3.63) is 30.1 Å². The first kappa shape index (κ1) is 13.6. The zero-order valence-corrected chi connectivity index (χ0v) is 11.1. The topological polar surface area (TPSA) is 40.1 Å². The van der Waals surface area contributed by atoms with Crippen LogP contribution in [-0.4, -0.2) is 63.1 Å². The number of aliphatic carboxylic acids is 1. The Morgan fingerprint density at radius 3 is 2.62 bits per heavy atom. The number of thioether (sulfide) groups is 1. The Balaban J connectivity index is 0.00000144. The normalized spacial score (nSPS) is 9.00. The molecule has 0 aromatic heterocycles. The number of carboxylic acids is 1. The van der Waals surface area contributed by atoms with Gasteiger partial charge in [0.1, 0.15) is 5.82 Å². The molecular weight excluding hydrogens is 218 g/mol. The van der Waals surface area contributed by atoms with Crippen LogP contribution in [0.15, 0.2) is 29.2 Å². The fourth-order valence-electron chi connectivity index (χ4n) is 0.698. The number of carbonyl (C=O) groups is 1. The van der Waals surface area contributed by atoms with E-state index in [0.717, 1.165) is 11.8 Å². The van der Waals surface area contributed by atoms with E-state index in [0.29, 0.717) is 4.90 Å². The number of hydrogen-bond acceptors (Lipinski definition) is 3. The van der Waals surface area contributed by atoms with Gasteiger partial charge in [-0.3, -0.25) is 0 Å². The maximum absolute atomic E-state index is 12.8. The van der Waals surface area contributed by atoms with Crippen LogP contribution in [0.4, 0.5) is 4.39 Å². The molecule has 0 saturated carbocycles. The first-order chi connectivity index (χ1) is 5.70. The molecule has 1 aromatic rings. The molecule has 65 valence electrons. The first-order valence-electron chi connectivity index (χ1n) is 3.27. The molecule has 13 heavy (non-hydrogen) atoms. The molecule has 0 atom stereocenters. The summed E-state index contributed by atoms with van der Waals surface area (Å²) in [5.41, 5.74) is 0. The third kappa shape index (κ3) is 5.14. The Kier molecular flexibility index (Phi) is 7.30. The van der Waals surface area contributed by atoms with Gasteiger partial charge in [0.25, 0.3) is 0 Å². The fraction of sp³-hybridized carbons (Fsp3) is 0.125. The van der Waals surface area contributed by atoms with Crippen LogP contribution in [0.1, 0.15) is 0 Å². The number of carbonyl (C=O) groups excluding carboxylic acids is 1. The van der Waals surface area contributed by atoms with E-state index in [9.17, 15) is 14.3 Å². The second-order valence-corrected chi connectivity index (χ2v) is 3.11. The zero-order valence-electron chi connectivity index (χ0n) is 7.12. The van der Waals surface area contributed by atoms with Crippen LogP contribution in [0.25, 0.3) is 0 Å². The van der Waals surface area contributed by atoms with E-state index in [1.807, 2.05) is 0 Å². The number of hydrogen-bond donors (Lipinski definition) is 0.